The number of nitrogens with zero attached hydrogens (tertiary/aromatic N) is 3. The fourth-order valence-corrected chi connectivity index (χ4v) is 4.66. The highest BCUT2D eigenvalue weighted by Crippen LogP contribution is 2.41. The maximum Gasteiger partial charge on any atom is 0.433 e. The van der Waals surface area contributed by atoms with Gasteiger partial charge in [0.1, 0.15) is 5.69 Å². The zero-order valence-corrected chi connectivity index (χ0v) is 20.9. The molecule has 0 aliphatic heterocycles. The van der Waals surface area contributed by atoms with Crippen LogP contribution < -0.4 is 5.73 Å². The molecule has 33 heavy (non-hydrogen) atoms. The Morgan fingerprint density at radius 2 is 1.79 bits per heavy atom. The van der Waals surface area contributed by atoms with E-state index in [4.69, 9.17) is 10.2 Å². The summed E-state index contributed by atoms with van der Waals surface area (Å²) >= 11 is 1.09. The van der Waals surface area contributed by atoms with Gasteiger partial charge in [0, 0.05) is 5.56 Å². The molecule has 0 radical (unpaired) electrons. The molecule has 0 fully saturated rings. The monoisotopic (exact) mass is 490 g/mol. The summed E-state index contributed by atoms with van der Waals surface area (Å²) in [6.45, 7) is 10.2. The van der Waals surface area contributed by atoms with E-state index in [9.17, 15) is 18.4 Å². The summed E-state index contributed by atoms with van der Waals surface area (Å²) in [6.07, 6.45) is -4.63. The summed E-state index contributed by atoms with van der Waals surface area (Å²) in [6, 6.07) is 11.4. The lowest BCUT2D eigenvalue weighted by atomic mass is 10.0. The van der Waals surface area contributed by atoms with E-state index >= 15 is 0 Å². The molecule has 0 unspecified atom stereocenters. The Bertz CT molecular complexity index is 1210. The van der Waals surface area contributed by atoms with Gasteiger partial charge in [0.15, 0.2) is 13.4 Å². The number of pyridine rings is 1. The van der Waals surface area contributed by atoms with Crippen molar-refractivity contribution in [1.29, 1.82) is 5.26 Å². The Kier molecular flexibility index (Phi) is 6.71. The number of thiazole rings is 1. The van der Waals surface area contributed by atoms with Crippen molar-refractivity contribution in [2.45, 2.75) is 51.7 Å². The molecule has 0 aliphatic rings. The van der Waals surface area contributed by atoms with Gasteiger partial charge in [-0.3, -0.25) is 0 Å². The number of nitriles is 1. The number of hydrogen-bond acceptors (Lipinski definition) is 6. The third-order valence-electron chi connectivity index (χ3n) is 5.73. The number of anilines is 1. The number of alkyl halides is 3. The van der Waals surface area contributed by atoms with Gasteiger partial charge in [0.05, 0.1) is 34.5 Å². The van der Waals surface area contributed by atoms with Crippen molar-refractivity contribution in [1.82, 2.24) is 9.97 Å². The first-order valence-corrected chi connectivity index (χ1v) is 13.9. The topological polar surface area (TPSA) is 84.8 Å². The summed E-state index contributed by atoms with van der Waals surface area (Å²) in [7, 11) is -2.20. The minimum absolute atomic E-state index is 0.0268. The standard InChI is InChI=1S/C23H25F3N4OSSi/c1-22(2,3)33(4,5)31-13-17-10-16(11-18(29-17)23(24,25)26)20-19(30-21(28)32-20)15-8-6-7-14(9-15)12-27/h6-11H,13H2,1-5H3,(H2,28,30). The molecule has 0 saturated carbocycles. The highest BCUT2D eigenvalue weighted by molar-refractivity contribution is 7.19. The molecule has 0 atom stereocenters. The molecule has 2 N–H and O–H groups in total. The van der Waals surface area contributed by atoms with Gasteiger partial charge in [-0.05, 0) is 48.0 Å². The van der Waals surface area contributed by atoms with Crippen LogP contribution in [-0.4, -0.2) is 18.3 Å². The van der Waals surface area contributed by atoms with E-state index in [1.165, 1.54) is 0 Å². The van der Waals surface area contributed by atoms with Crippen molar-refractivity contribution in [3.8, 4) is 27.8 Å². The summed E-state index contributed by atoms with van der Waals surface area (Å²) in [4.78, 5) is 8.64. The van der Waals surface area contributed by atoms with E-state index < -0.39 is 20.2 Å². The summed E-state index contributed by atoms with van der Waals surface area (Å²) in [5.41, 5.74) is 6.86. The van der Waals surface area contributed by atoms with Gasteiger partial charge < -0.3 is 10.2 Å². The first kappa shape index (κ1) is 24.9. The third-order valence-corrected chi connectivity index (χ3v) is 11.1. The molecule has 174 valence electrons. The summed E-state index contributed by atoms with van der Waals surface area (Å²) in [5, 5.41) is 9.33. The minimum atomic E-state index is -4.63. The molecule has 0 bridgehead atoms. The SMILES string of the molecule is CC(C)(C)[Si](C)(C)OCc1cc(-c2sc(N)nc2-c2cccc(C#N)c2)cc(C(F)(F)F)n1. The van der Waals surface area contributed by atoms with Gasteiger partial charge in [-0.1, -0.05) is 44.2 Å². The zero-order valence-electron chi connectivity index (χ0n) is 19.0. The number of aromatic nitrogens is 2. The van der Waals surface area contributed by atoms with E-state index in [-0.39, 0.29) is 22.5 Å². The molecule has 2 heterocycles. The van der Waals surface area contributed by atoms with Crippen LogP contribution >= 0.6 is 11.3 Å². The molecule has 0 aliphatic carbocycles. The summed E-state index contributed by atoms with van der Waals surface area (Å²) < 4.78 is 47.2. The highest BCUT2D eigenvalue weighted by Gasteiger charge is 2.38. The number of benzene rings is 1. The lowest BCUT2D eigenvalue weighted by molar-refractivity contribution is -0.141. The van der Waals surface area contributed by atoms with Crippen molar-refractivity contribution < 1.29 is 17.6 Å². The predicted octanol–water partition coefficient (Wildman–Crippen LogP) is 6.87. The van der Waals surface area contributed by atoms with E-state index in [1.807, 2.05) is 13.1 Å². The number of rotatable bonds is 5. The lowest BCUT2D eigenvalue weighted by Crippen LogP contribution is -2.40. The van der Waals surface area contributed by atoms with E-state index in [0.29, 0.717) is 27.3 Å². The van der Waals surface area contributed by atoms with Crippen molar-refractivity contribution in [3.63, 3.8) is 0 Å². The number of nitrogen functional groups attached to an aromatic ring is 1. The average molecular weight is 491 g/mol. The van der Waals surface area contributed by atoms with Crippen LogP contribution in [-0.2, 0) is 17.2 Å². The predicted molar refractivity (Wildman–Crippen MR) is 127 cm³/mol. The number of halogens is 3. The van der Waals surface area contributed by atoms with Crippen LogP contribution in [0.4, 0.5) is 18.3 Å². The van der Waals surface area contributed by atoms with Crippen molar-refractivity contribution in [3.05, 3.63) is 53.3 Å². The van der Waals surface area contributed by atoms with Crippen LogP contribution in [0.3, 0.4) is 0 Å². The maximum absolute atomic E-state index is 13.7. The van der Waals surface area contributed by atoms with Crippen LogP contribution in [0.1, 0.15) is 37.7 Å². The van der Waals surface area contributed by atoms with Gasteiger partial charge in [-0.25, -0.2) is 9.97 Å². The second-order valence-electron chi connectivity index (χ2n) is 9.20. The second kappa shape index (κ2) is 8.89. The van der Waals surface area contributed by atoms with Crippen LogP contribution in [0.25, 0.3) is 21.7 Å². The van der Waals surface area contributed by atoms with E-state index in [1.54, 1.807) is 30.3 Å². The second-order valence-corrected chi connectivity index (χ2v) is 15.0. The fraction of sp³-hybridized carbons (Fsp3) is 0.348. The van der Waals surface area contributed by atoms with Crippen LogP contribution in [0.2, 0.25) is 18.1 Å². The van der Waals surface area contributed by atoms with Gasteiger partial charge in [0.25, 0.3) is 0 Å². The van der Waals surface area contributed by atoms with Crippen molar-refractivity contribution >= 4 is 24.8 Å². The van der Waals surface area contributed by atoms with E-state index in [2.05, 4.69) is 36.8 Å². The Hall–Kier alpha value is -2.74. The van der Waals surface area contributed by atoms with Crippen LogP contribution in [0, 0.1) is 11.3 Å². The molecule has 0 saturated heterocycles. The van der Waals surface area contributed by atoms with Crippen LogP contribution in [0.15, 0.2) is 36.4 Å². The Morgan fingerprint density at radius 1 is 1.09 bits per heavy atom. The normalized spacial score (nSPS) is 12.6. The number of nitrogens with two attached hydrogens (primary N) is 1. The minimum Gasteiger partial charge on any atom is -0.411 e. The van der Waals surface area contributed by atoms with Crippen molar-refractivity contribution in [2.75, 3.05) is 5.73 Å². The molecule has 5 nitrogen and oxygen atoms in total. The molecule has 0 amide bonds. The molecular formula is C23H25F3N4OSSi. The fourth-order valence-electron chi connectivity index (χ4n) is 2.87. The molecule has 3 rings (SSSR count). The largest absolute Gasteiger partial charge is 0.433 e. The zero-order chi connectivity index (χ0) is 24.6. The van der Waals surface area contributed by atoms with Gasteiger partial charge in [-0.15, -0.1) is 0 Å². The van der Waals surface area contributed by atoms with Gasteiger partial charge in [0.2, 0.25) is 0 Å². The molecule has 0 spiro atoms. The number of hydrogen-bond donors (Lipinski definition) is 1. The quantitative estimate of drug-likeness (QED) is 0.395. The smallest absolute Gasteiger partial charge is 0.411 e. The van der Waals surface area contributed by atoms with Crippen molar-refractivity contribution in [2.24, 2.45) is 0 Å². The van der Waals surface area contributed by atoms with Crippen LogP contribution in [0.5, 0.6) is 0 Å². The van der Waals surface area contributed by atoms with Gasteiger partial charge in [-0.2, -0.15) is 18.4 Å². The maximum atomic E-state index is 13.7. The Morgan fingerprint density at radius 3 is 2.39 bits per heavy atom. The first-order valence-electron chi connectivity index (χ1n) is 10.2. The average Bonchev–Trinajstić information content (AvgIpc) is 3.12. The summed E-state index contributed by atoms with van der Waals surface area (Å²) in [5.74, 6) is 0. The highest BCUT2D eigenvalue weighted by atomic mass is 32.1. The molecule has 2 aromatic heterocycles. The van der Waals surface area contributed by atoms with E-state index in [0.717, 1.165) is 17.4 Å². The van der Waals surface area contributed by atoms with Gasteiger partial charge >= 0.3 is 6.18 Å². The Balaban J connectivity index is 2.10. The molecule has 10 heteroatoms. The lowest BCUT2D eigenvalue weighted by Gasteiger charge is -2.36. The Labute approximate surface area is 196 Å². The molecule has 3 aromatic rings. The third kappa shape index (κ3) is 5.61. The first-order chi connectivity index (χ1) is 15.2. The molecular weight excluding hydrogens is 465 g/mol. The molecule has 1 aromatic carbocycles.